The molecule has 0 bridgehead atoms. The van der Waals surface area contributed by atoms with Crippen LogP contribution < -0.4 is 5.32 Å². The van der Waals surface area contributed by atoms with Crippen LogP contribution in [0.5, 0.6) is 0 Å². The van der Waals surface area contributed by atoms with Crippen LogP contribution in [0.25, 0.3) is 0 Å². The predicted octanol–water partition coefficient (Wildman–Crippen LogP) is 2.59. The maximum Gasteiger partial charge on any atom is 0.222 e. The van der Waals surface area contributed by atoms with Crippen LogP contribution in [0.2, 0.25) is 0 Å². The minimum atomic E-state index is 0. The molecule has 0 unspecified atom stereocenters. The van der Waals surface area contributed by atoms with Crippen LogP contribution in [0.15, 0.2) is 0 Å². The van der Waals surface area contributed by atoms with Gasteiger partial charge < -0.3 is 10.2 Å². The molecule has 3 nitrogen and oxygen atoms in total. The number of carbonyl (C=O) groups is 1. The summed E-state index contributed by atoms with van der Waals surface area (Å²) in [6, 6.07) is 0.461. The standard InChI is InChI=1S/C14H26N2O.ClH/c1-12-11-16(10-9-15-12)14(17)8-7-13-5-3-2-4-6-13;/h12-13,15H,2-11H2,1H3;1H/t12-;/m1./s1. The molecule has 0 aromatic rings. The molecule has 1 saturated heterocycles. The lowest BCUT2D eigenvalue weighted by Gasteiger charge is -2.32. The van der Waals surface area contributed by atoms with Crippen LogP contribution in [0.1, 0.15) is 51.9 Å². The molecule has 0 radical (unpaired) electrons. The van der Waals surface area contributed by atoms with E-state index < -0.39 is 0 Å². The SMILES string of the molecule is C[C@@H]1CN(C(=O)CCC2CCCCC2)CCN1.Cl. The van der Waals surface area contributed by atoms with Gasteiger partial charge in [-0.3, -0.25) is 4.79 Å². The monoisotopic (exact) mass is 274 g/mol. The molecule has 2 aliphatic rings. The number of piperazine rings is 1. The van der Waals surface area contributed by atoms with Gasteiger partial charge in [0.2, 0.25) is 5.91 Å². The van der Waals surface area contributed by atoms with Gasteiger partial charge in [-0.25, -0.2) is 0 Å². The van der Waals surface area contributed by atoms with E-state index in [0.29, 0.717) is 11.9 Å². The van der Waals surface area contributed by atoms with Crippen molar-refractivity contribution in [3.8, 4) is 0 Å². The molecule has 2 fully saturated rings. The molecular weight excluding hydrogens is 248 g/mol. The minimum Gasteiger partial charge on any atom is -0.340 e. The van der Waals surface area contributed by atoms with Crippen LogP contribution >= 0.6 is 12.4 Å². The molecule has 1 saturated carbocycles. The van der Waals surface area contributed by atoms with E-state index in [-0.39, 0.29) is 12.4 Å². The number of rotatable bonds is 3. The molecule has 1 aliphatic heterocycles. The quantitative estimate of drug-likeness (QED) is 0.858. The second-order valence-electron chi connectivity index (χ2n) is 5.74. The Balaban J connectivity index is 0.00000162. The van der Waals surface area contributed by atoms with Gasteiger partial charge in [-0.2, -0.15) is 0 Å². The zero-order valence-electron chi connectivity index (χ0n) is 11.5. The summed E-state index contributed by atoms with van der Waals surface area (Å²) in [7, 11) is 0. The summed E-state index contributed by atoms with van der Waals surface area (Å²) in [5.74, 6) is 1.21. The van der Waals surface area contributed by atoms with Crippen molar-refractivity contribution >= 4 is 18.3 Å². The Bertz CT molecular complexity index is 254. The Morgan fingerprint density at radius 2 is 2.00 bits per heavy atom. The molecule has 0 aromatic heterocycles. The number of halogens is 1. The minimum absolute atomic E-state index is 0. The first kappa shape index (κ1) is 15.8. The molecule has 0 aromatic carbocycles. The Labute approximate surface area is 117 Å². The van der Waals surface area contributed by atoms with Gasteiger partial charge in [-0.05, 0) is 19.3 Å². The molecule has 1 N–H and O–H groups in total. The second kappa shape index (κ2) is 8.00. The zero-order chi connectivity index (χ0) is 12.1. The largest absolute Gasteiger partial charge is 0.340 e. The number of amides is 1. The maximum atomic E-state index is 12.1. The van der Waals surface area contributed by atoms with E-state index in [4.69, 9.17) is 0 Å². The van der Waals surface area contributed by atoms with Crippen molar-refractivity contribution in [3.63, 3.8) is 0 Å². The third kappa shape index (κ3) is 4.77. The van der Waals surface area contributed by atoms with Gasteiger partial charge in [0, 0.05) is 32.1 Å². The summed E-state index contributed by atoms with van der Waals surface area (Å²) in [5, 5.41) is 3.38. The van der Waals surface area contributed by atoms with Crippen molar-refractivity contribution < 1.29 is 4.79 Å². The summed E-state index contributed by atoms with van der Waals surface area (Å²) in [4.78, 5) is 14.1. The summed E-state index contributed by atoms with van der Waals surface area (Å²) in [6.07, 6.45) is 8.76. The molecule has 106 valence electrons. The van der Waals surface area contributed by atoms with Crippen molar-refractivity contribution in [2.24, 2.45) is 5.92 Å². The van der Waals surface area contributed by atoms with E-state index in [1.807, 2.05) is 4.90 Å². The van der Waals surface area contributed by atoms with E-state index in [0.717, 1.165) is 38.4 Å². The first-order valence-corrected chi connectivity index (χ1v) is 7.27. The molecule has 1 atom stereocenters. The van der Waals surface area contributed by atoms with E-state index in [1.54, 1.807) is 0 Å². The fraction of sp³-hybridized carbons (Fsp3) is 0.929. The molecule has 18 heavy (non-hydrogen) atoms. The highest BCUT2D eigenvalue weighted by molar-refractivity contribution is 5.85. The van der Waals surface area contributed by atoms with Gasteiger partial charge in [-0.15, -0.1) is 12.4 Å². The van der Waals surface area contributed by atoms with Gasteiger partial charge in [0.05, 0.1) is 0 Å². The van der Waals surface area contributed by atoms with Crippen molar-refractivity contribution in [3.05, 3.63) is 0 Å². The van der Waals surface area contributed by atoms with Crippen LogP contribution in [0, 0.1) is 5.92 Å². The number of nitrogens with zero attached hydrogens (tertiary/aromatic N) is 1. The van der Waals surface area contributed by atoms with Gasteiger partial charge in [0.15, 0.2) is 0 Å². The highest BCUT2D eigenvalue weighted by atomic mass is 35.5. The Morgan fingerprint density at radius 1 is 1.28 bits per heavy atom. The number of hydrogen-bond donors (Lipinski definition) is 1. The highest BCUT2D eigenvalue weighted by Crippen LogP contribution is 2.27. The molecular formula is C14H27ClN2O. The maximum absolute atomic E-state index is 12.1. The van der Waals surface area contributed by atoms with Gasteiger partial charge >= 0.3 is 0 Å². The molecule has 1 aliphatic carbocycles. The van der Waals surface area contributed by atoms with Crippen molar-refractivity contribution in [1.82, 2.24) is 10.2 Å². The fourth-order valence-electron chi connectivity index (χ4n) is 3.12. The molecule has 1 amide bonds. The lowest BCUT2D eigenvalue weighted by atomic mass is 9.86. The van der Waals surface area contributed by atoms with Crippen molar-refractivity contribution in [2.45, 2.75) is 57.9 Å². The van der Waals surface area contributed by atoms with E-state index in [9.17, 15) is 4.79 Å². The lowest BCUT2D eigenvalue weighted by molar-refractivity contribution is -0.132. The summed E-state index contributed by atoms with van der Waals surface area (Å²) in [5.41, 5.74) is 0. The molecule has 2 rings (SSSR count). The zero-order valence-corrected chi connectivity index (χ0v) is 12.3. The first-order chi connectivity index (χ1) is 8.25. The van der Waals surface area contributed by atoms with Crippen LogP contribution in [-0.2, 0) is 4.79 Å². The number of nitrogens with one attached hydrogen (secondary N) is 1. The number of hydrogen-bond acceptors (Lipinski definition) is 2. The Hall–Kier alpha value is -0.280. The molecule has 0 spiro atoms. The van der Waals surface area contributed by atoms with Crippen molar-refractivity contribution in [1.29, 1.82) is 0 Å². The summed E-state index contributed by atoms with van der Waals surface area (Å²) < 4.78 is 0. The first-order valence-electron chi connectivity index (χ1n) is 7.27. The average molecular weight is 275 g/mol. The second-order valence-corrected chi connectivity index (χ2v) is 5.74. The van der Waals surface area contributed by atoms with Gasteiger partial charge in [0.25, 0.3) is 0 Å². The van der Waals surface area contributed by atoms with Gasteiger partial charge in [-0.1, -0.05) is 32.1 Å². The third-order valence-electron chi connectivity index (χ3n) is 4.21. The van der Waals surface area contributed by atoms with E-state index in [1.165, 1.54) is 32.1 Å². The lowest BCUT2D eigenvalue weighted by Crippen LogP contribution is -2.51. The average Bonchev–Trinajstić information content (AvgIpc) is 2.37. The van der Waals surface area contributed by atoms with E-state index >= 15 is 0 Å². The summed E-state index contributed by atoms with van der Waals surface area (Å²) >= 11 is 0. The summed E-state index contributed by atoms with van der Waals surface area (Å²) in [6.45, 7) is 4.90. The Morgan fingerprint density at radius 3 is 2.67 bits per heavy atom. The van der Waals surface area contributed by atoms with Crippen LogP contribution in [-0.4, -0.2) is 36.5 Å². The predicted molar refractivity (Wildman–Crippen MR) is 77.1 cm³/mol. The molecule has 4 heteroatoms. The normalized spacial score (nSPS) is 25.6. The topological polar surface area (TPSA) is 32.3 Å². The number of carbonyl (C=O) groups excluding carboxylic acids is 1. The van der Waals surface area contributed by atoms with Crippen LogP contribution in [0.4, 0.5) is 0 Å². The fourth-order valence-corrected chi connectivity index (χ4v) is 3.12. The smallest absolute Gasteiger partial charge is 0.222 e. The van der Waals surface area contributed by atoms with E-state index in [2.05, 4.69) is 12.2 Å². The highest BCUT2D eigenvalue weighted by Gasteiger charge is 2.21. The van der Waals surface area contributed by atoms with Crippen LogP contribution in [0.3, 0.4) is 0 Å². The third-order valence-corrected chi connectivity index (χ3v) is 4.21. The van der Waals surface area contributed by atoms with Gasteiger partial charge in [0.1, 0.15) is 0 Å². The molecule has 1 heterocycles. The van der Waals surface area contributed by atoms with Crippen molar-refractivity contribution in [2.75, 3.05) is 19.6 Å². The Kier molecular flexibility index (Phi) is 7.02.